The van der Waals surface area contributed by atoms with Crippen molar-refractivity contribution in [1.82, 2.24) is 9.97 Å². The maximum Gasteiger partial charge on any atom is 0.514 e. The first-order valence-electron chi connectivity index (χ1n) is 6.68. The quantitative estimate of drug-likeness (QED) is 0.794. The Bertz CT molecular complexity index is 724. The summed E-state index contributed by atoms with van der Waals surface area (Å²) in [5.74, 6) is 0.286. The lowest BCUT2D eigenvalue weighted by atomic mass is 10.2. The fourth-order valence-corrected chi connectivity index (χ4v) is 1.61. The highest BCUT2D eigenvalue weighted by Gasteiger charge is 2.19. The van der Waals surface area contributed by atoms with Crippen molar-refractivity contribution in [3.63, 3.8) is 0 Å². The zero-order valence-electron chi connectivity index (χ0n) is 12.6. The molecule has 0 radical (unpaired) electrons. The Hall–Kier alpha value is -2.76. The Kier molecular flexibility index (Phi) is 4.50. The molecule has 0 saturated carbocycles. The van der Waals surface area contributed by atoms with Crippen LogP contribution in [0.2, 0.25) is 0 Å². The number of carbonyl (C=O) groups excluding carboxylic acids is 1. The molecule has 0 amide bonds. The van der Waals surface area contributed by atoms with Crippen LogP contribution in [-0.4, -0.2) is 21.7 Å². The fraction of sp³-hybridized carbons (Fsp3) is 0.250. The van der Waals surface area contributed by atoms with Crippen LogP contribution in [0, 0.1) is 0 Å². The first-order valence-corrected chi connectivity index (χ1v) is 6.68. The summed E-state index contributed by atoms with van der Waals surface area (Å²) >= 11 is 0. The van der Waals surface area contributed by atoms with Crippen molar-refractivity contribution in [3.8, 4) is 17.1 Å². The molecule has 114 valence electrons. The summed E-state index contributed by atoms with van der Waals surface area (Å²) in [5.41, 5.74) is -0.586. The molecule has 0 unspecified atom stereocenters. The molecule has 0 atom stereocenters. The van der Waals surface area contributed by atoms with Crippen LogP contribution in [0.15, 0.2) is 47.5 Å². The summed E-state index contributed by atoms with van der Waals surface area (Å²) in [5, 5.41) is 0. The first-order chi connectivity index (χ1) is 10.3. The average Bonchev–Trinajstić information content (AvgIpc) is 2.60. The number of hydrogen-bond donors (Lipinski definition) is 0. The maximum absolute atomic E-state index is 11.9. The van der Waals surface area contributed by atoms with Crippen molar-refractivity contribution in [2.45, 2.75) is 26.4 Å². The van der Waals surface area contributed by atoms with Crippen molar-refractivity contribution >= 4 is 6.16 Å². The summed E-state index contributed by atoms with van der Waals surface area (Å²) < 4.78 is 10.1. The third-order valence-corrected chi connectivity index (χ3v) is 2.46. The Morgan fingerprint density at radius 3 is 2.41 bits per heavy atom. The molecule has 6 heteroatoms. The van der Waals surface area contributed by atoms with Crippen molar-refractivity contribution in [2.24, 2.45) is 0 Å². The number of ether oxygens (including phenoxy) is 2. The van der Waals surface area contributed by atoms with Gasteiger partial charge in [0, 0.05) is 18.0 Å². The lowest BCUT2D eigenvalue weighted by molar-refractivity contribution is 0.0204. The summed E-state index contributed by atoms with van der Waals surface area (Å²) in [6, 6.07) is 7.62. The van der Waals surface area contributed by atoms with E-state index in [1.54, 1.807) is 51.4 Å². The highest BCUT2D eigenvalue weighted by atomic mass is 16.7. The largest absolute Gasteiger partial charge is 0.514 e. The molecule has 2 rings (SSSR count). The Morgan fingerprint density at radius 1 is 1.09 bits per heavy atom. The predicted octanol–water partition coefficient (Wildman–Crippen LogP) is 2.82. The van der Waals surface area contributed by atoms with Gasteiger partial charge in [-0.25, -0.2) is 14.8 Å². The van der Waals surface area contributed by atoms with Gasteiger partial charge in [0.05, 0.1) is 0 Å². The van der Waals surface area contributed by atoms with Gasteiger partial charge in [-0.15, -0.1) is 0 Å². The molecule has 0 aliphatic carbocycles. The molecule has 1 heterocycles. The van der Waals surface area contributed by atoms with Gasteiger partial charge in [0.15, 0.2) is 11.6 Å². The number of carbonyl (C=O) groups is 1. The normalized spacial score (nSPS) is 10.9. The first kappa shape index (κ1) is 15.6. The molecule has 2 aromatic rings. The summed E-state index contributed by atoms with van der Waals surface area (Å²) in [6.45, 7) is 5.13. The predicted molar refractivity (Wildman–Crippen MR) is 80.6 cm³/mol. The van der Waals surface area contributed by atoms with E-state index in [1.807, 2.05) is 0 Å². The molecule has 0 bridgehead atoms. The maximum atomic E-state index is 11.9. The van der Waals surface area contributed by atoms with E-state index in [0.29, 0.717) is 11.4 Å². The second kappa shape index (κ2) is 6.34. The van der Waals surface area contributed by atoms with Gasteiger partial charge in [0.1, 0.15) is 5.60 Å². The second-order valence-electron chi connectivity index (χ2n) is 5.49. The molecule has 0 saturated heterocycles. The van der Waals surface area contributed by atoms with Crippen molar-refractivity contribution in [1.29, 1.82) is 0 Å². The van der Waals surface area contributed by atoms with Crippen LogP contribution in [-0.2, 0) is 4.74 Å². The van der Waals surface area contributed by atoms with Crippen LogP contribution in [0.1, 0.15) is 20.8 Å². The van der Waals surface area contributed by atoms with E-state index in [0.717, 1.165) is 0 Å². The highest BCUT2D eigenvalue weighted by molar-refractivity contribution is 5.65. The van der Waals surface area contributed by atoms with E-state index in [9.17, 15) is 9.59 Å². The molecule has 1 aromatic carbocycles. The van der Waals surface area contributed by atoms with E-state index < -0.39 is 17.2 Å². The average molecular weight is 300 g/mol. The topological polar surface area (TPSA) is 78.4 Å². The van der Waals surface area contributed by atoms with Gasteiger partial charge in [-0.05, 0) is 39.0 Å². The monoisotopic (exact) mass is 300 g/mol. The molecule has 0 fully saturated rings. The second-order valence-corrected chi connectivity index (χ2v) is 5.49. The van der Waals surface area contributed by atoms with Gasteiger partial charge >= 0.3 is 6.16 Å². The van der Waals surface area contributed by atoms with Gasteiger partial charge in [-0.2, -0.15) is 0 Å². The lowest BCUT2D eigenvalue weighted by Gasteiger charge is -2.18. The summed E-state index contributed by atoms with van der Waals surface area (Å²) in [4.78, 5) is 31.8. The molecule has 0 aliphatic rings. The molecular weight excluding hydrogens is 284 g/mol. The standard InChI is InChI=1S/C16H16N2O4/c1-16(2,3)22-15(20)21-13-10-11(6-4-7-12(13)19)14-17-8-5-9-18-14/h4-10H,1-3H3. The van der Waals surface area contributed by atoms with Gasteiger partial charge in [-0.1, -0.05) is 12.1 Å². The van der Waals surface area contributed by atoms with Crippen molar-refractivity contribution < 1.29 is 14.3 Å². The molecule has 22 heavy (non-hydrogen) atoms. The molecule has 0 aliphatic heterocycles. The van der Waals surface area contributed by atoms with E-state index in [1.165, 1.54) is 12.1 Å². The third kappa shape index (κ3) is 4.37. The molecule has 6 nitrogen and oxygen atoms in total. The molecule has 0 spiro atoms. The van der Waals surface area contributed by atoms with Crippen LogP contribution in [0.4, 0.5) is 4.79 Å². The van der Waals surface area contributed by atoms with Crippen LogP contribution < -0.4 is 10.2 Å². The zero-order valence-corrected chi connectivity index (χ0v) is 12.6. The number of rotatable bonds is 2. The number of nitrogens with zero attached hydrogens (tertiary/aromatic N) is 2. The minimum atomic E-state index is -0.935. The smallest absolute Gasteiger partial charge is 0.428 e. The SMILES string of the molecule is CC(C)(C)OC(=O)Oc1cc(-c2ncccn2)cccc1=O. The summed E-state index contributed by atoms with van der Waals surface area (Å²) in [7, 11) is 0. The van der Waals surface area contributed by atoms with E-state index in [4.69, 9.17) is 9.47 Å². The van der Waals surface area contributed by atoms with Gasteiger partial charge < -0.3 is 9.47 Å². The van der Waals surface area contributed by atoms with Gasteiger partial charge in [-0.3, -0.25) is 4.79 Å². The minimum absolute atomic E-state index is 0.137. The van der Waals surface area contributed by atoms with Crippen LogP contribution in [0.5, 0.6) is 5.75 Å². The Labute approximate surface area is 127 Å². The minimum Gasteiger partial charge on any atom is -0.428 e. The number of aromatic nitrogens is 2. The summed E-state index contributed by atoms with van der Waals surface area (Å²) in [6.07, 6.45) is 2.24. The Morgan fingerprint density at radius 2 is 1.77 bits per heavy atom. The third-order valence-electron chi connectivity index (χ3n) is 2.46. The molecular formula is C16H16N2O4. The van der Waals surface area contributed by atoms with E-state index >= 15 is 0 Å². The van der Waals surface area contributed by atoms with Crippen LogP contribution in [0.25, 0.3) is 11.4 Å². The van der Waals surface area contributed by atoms with E-state index in [-0.39, 0.29) is 5.75 Å². The zero-order chi connectivity index (χ0) is 16.2. The van der Waals surface area contributed by atoms with E-state index in [2.05, 4.69) is 9.97 Å². The van der Waals surface area contributed by atoms with Crippen LogP contribution >= 0.6 is 0 Å². The van der Waals surface area contributed by atoms with Crippen molar-refractivity contribution in [3.05, 3.63) is 52.9 Å². The lowest BCUT2D eigenvalue weighted by Crippen LogP contribution is -2.26. The highest BCUT2D eigenvalue weighted by Crippen LogP contribution is 2.17. The number of hydrogen-bond acceptors (Lipinski definition) is 6. The van der Waals surface area contributed by atoms with Gasteiger partial charge in [0.25, 0.3) is 0 Å². The molecule has 0 N–H and O–H groups in total. The molecule has 1 aromatic heterocycles. The Balaban J connectivity index is 2.34. The van der Waals surface area contributed by atoms with Crippen LogP contribution in [0.3, 0.4) is 0 Å². The van der Waals surface area contributed by atoms with Crippen molar-refractivity contribution in [2.75, 3.05) is 0 Å². The van der Waals surface area contributed by atoms with Gasteiger partial charge in [0.2, 0.25) is 5.43 Å². The fourth-order valence-electron chi connectivity index (χ4n) is 1.61.